The molecule has 0 unspecified atom stereocenters. The number of aliphatic carboxylic acids is 1. The molecule has 0 fully saturated rings. The molecule has 0 aliphatic rings. The van der Waals surface area contributed by atoms with Crippen LogP contribution in [0.3, 0.4) is 0 Å². The number of ether oxygens (including phenoxy) is 1. The minimum absolute atomic E-state index is 0.0546. The van der Waals surface area contributed by atoms with Crippen LogP contribution in [0.1, 0.15) is 17.5 Å². The Morgan fingerprint density at radius 3 is 2.65 bits per heavy atom. The number of rotatable bonds is 4. The first-order valence-corrected chi connectivity index (χ1v) is 5.24. The van der Waals surface area contributed by atoms with E-state index >= 15 is 0 Å². The van der Waals surface area contributed by atoms with Crippen LogP contribution in [0, 0.1) is 13.8 Å². The summed E-state index contributed by atoms with van der Waals surface area (Å²) in [5, 5.41) is 10.8. The van der Waals surface area contributed by atoms with E-state index in [1.807, 2.05) is 26.0 Å². The van der Waals surface area contributed by atoms with Gasteiger partial charge >= 0.3 is 12.1 Å². The molecule has 1 aromatic carbocycles. The van der Waals surface area contributed by atoms with Crippen molar-refractivity contribution in [2.75, 3.05) is 6.54 Å². The van der Waals surface area contributed by atoms with Crippen molar-refractivity contribution in [2.45, 2.75) is 20.3 Å². The van der Waals surface area contributed by atoms with Gasteiger partial charge in [-0.2, -0.15) is 0 Å². The number of aryl methyl sites for hydroxylation is 2. The average Bonchev–Trinajstić information content (AvgIpc) is 2.21. The van der Waals surface area contributed by atoms with Gasteiger partial charge in [-0.15, -0.1) is 0 Å². The summed E-state index contributed by atoms with van der Waals surface area (Å²) in [6.07, 6.45) is -0.764. The lowest BCUT2D eigenvalue weighted by Crippen LogP contribution is -2.29. The molecule has 1 rings (SSSR count). The molecule has 5 nitrogen and oxygen atoms in total. The van der Waals surface area contributed by atoms with Crippen LogP contribution >= 0.6 is 0 Å². The van der Waals surface area contributed by atoms with Crippen LogP contribution in [0.25, 0.3) is 0 Å². The van der Waals surface area contributed by atoms with Gasteiger partial charge in [0.2, 0.25) is 0 Å². The molecule has 0 radical (unpaired) electrons. The third-order valence-corrected chi connectivity index (χ3v) is 2.14. The van der Waals surface area contributed by atoms with Crippen molar-refractivity contribution in [1.82, 2.24) is 5.32 Å². The molecule has 0 saturated heterocycles. The van der Waals surface area contributed by atoms with Crippen LogP contribution in [0.4, 0.5) is 4.79 Å². The van der Waals surface area contributed by atoms with E-state index in [0.717, 1.165) is 11.1 Å². The number of carbonyl (C=O) groups is 2. The van der Waals surface area contributed by atoms with Crippen LogP contribution in [0.5, 0.6) is 5.75 Å². The van der Waals surface area contributed by atoms with Gasteiger partial charge in [0.05, 0.1) is 6.42 Å². The first-order valence-electron chi connectivity index (χ1n) is 5.24. The molecule has 92 valence electrons. The molecule has 0 atom stereocenters. The summed E-state index contributed by atoms with van der Waals surface area (Å²) < 4.78 is 5.04. The van der Waals surface area contributed by atoms with E-state index in [1.54, 1.807) is 6.07 Å². The molecule has 0 heterocycles. The minimum atomic E-state index is -0.961. The third-order valence-electron chi connectivity index (χ3n) is 2.14. The lowest BCUT2D eigenvalue weighted by molar-refractivity contribution is -0.136. The summed E-state index contributed by atoms with van der Waals surface area (Å²) in [5.41, 5.74) is 1.94. The fraction of sp³-hybridized carbons (Fsp3) is 0.333. The zero-order chi connectivity index (χ0) is 12.8. The number of carboxylic acids is 1. The summed E-state index contributed by atoms with van der Waals surface area (Å²) in [4.78, 5) is 21.5. The van der Waals surface area contributed by atoms with Crippen molar-refractivity contribution in [2.24, 2.45) is 0 Å². The second-order valence-electron chi connectivity index (χ2n) is 3.73. The lowest BCUT2D eigenvalue weighted by Gasteiger charge is -2.08. The van der Waals surface area contributed by atoms with Gasteiger partial charge in [-0.3, -0.25) is 4.79 Å². The zero-order valence-electron chi connectivity index (χ0n) is 9.82. The number of benzene rings is 1. The minimum Gasteiger partial charge on any atom is -0.481 e. The summed E-state index contributed by atoms with van der Waals surface area (Å²) in [6, 6.07) is 5.45. The number of carbonyl (C=O) groups excluding carboxylic acids is 1. The highest BCUT2D eigenvalue weighted by atomic mass is 16.6. The van der Waals surface area contributed by atoms with Crippen molar-refractivity contribution < 1.29 is 19.4 Å². The van der Waals surface area contributed by atoms with Gasteiger partial charge in [-0.05, 0) is 25.5 Å². The lowest BCUT2D eigenvalue weighted by atomic mass is 10.1. The van der Waals surface area contributed by atoms with Crippen LogP contribution in [0.15, 0.2) is 18.2 Å². The monoisotopic (exact) mass is 237 g/mol. The molecule has 0 spiro atoms. The number of carboxylic acid groups (broad SMARTS) is 1. The van der Waals surface area contributed by atoms with Crippen LogP contribution in [-0.2, 0) is 4.79 Å². The Morgan fingerprint density at radius 2 is 2.06 bits per heavy atom. The van der Waals surface area contributed by atoms with Gasteiger partial charge in [0, 0.05) is 6.54 Å². The smallest absolute Gasteiger partial charge is 0.412 e. The van der Waals surface area contributed by atoms with Crippen molar-refractivity contribution >= 4 is 12.1 Å². The molecule has 0 aliphatic heterocycles. The number of amides is 1. The maximum atomic E-state index is 11.3. The van der Waals surface area contributed by atoms with Crippen molar-refractivity contribution in [3.8, 4) is 5.75 Å². The second-order valence-corrected chi connectivity index (χ2v) is 3.73. The largest absolute Gasteiger partial charge is 0.481 e. The number of hydrogen-bond acceptors (Lipinski definition) is 3. The molecule has 0 saturated carbocycles. The first kappa shape index (κ1) is 13.0. The van der Waals surface area contributed by atoms with Gasteiger partial charge in [0.25, 0.3) is 0 Å². The molecule has 2 N–H and O–H groups in total. The third kappa shape index (κ3) is 4.55. The highest BCUT2D eigenvalue weighted by Crippen LogP contribution is 2.18. The van der Waals surface area contributed by atoms with E-state index in [2.05, 4.69) is 5.32 Å². The topological polar surface area (TPSA) is 75.6 Å². The summed E-state index contributed by atoms with van der Waals surface area (Å²) >= 11 is 0. The van der Waals surface area contributed by atoms with E-state index in [9.17, 15) is 9.59 Å². The second kappa shape index (κ2) is 5.89. The molecule has 0 aromatic heterocycles. The van der Waals surface area contributed by atoms with Gasteiger partial charge in [0.15, 0.2) is 0 Å². The van der Waals surface area contributed by atoms with E-state index in [0.29, 0.717) is 5.75 Å². The predicted molar refractivity (Wildman–Crippen MR) is 62.2 cm³/mol. The highest BCUT2D eigenvalue weighted by molar-refractivity contribution is 5.72. The Morgan fingerprint density at radius 1 is 1.35 bits per heavy atom. The van der Waals surface area contributed by atoms with Crippen molar-refractivity contribution in [3.05, 3.63) is 29.3 Å². The van der Waals surface area contributed by atoms with E-state index in [-0.39, 0.29) is 13.0 Å². The van der Waals surface area contributed by atoms with Gasteiger partial charge in [-0.1, -0.05) is 17.7 Å². The van der Waals surface area contributed by atoms with Crippen LogP contribution in [0.2, 0.25) is 0 Å². The van der Waals surface area contributed by atoms with E-state index in [1.165, 1.54) is 0 Å². The Balaban J connectivity index is 2.48. The summed E-state index contributed by atoms with van der Waals surface area (Å²) in [5.74, 6) is -0.486. The number of hydrogen-bond donors (Lipinski definition) is 2. The highest BCUT2D eigenvalue weighted by Gasteiger charge is 2.07. The summed E-state index contributed by atoms with van der Waals surface area (Å²) in [7, 11) is 0. The molecule has 5 heteroatoms. The molecule has 0 aliphatic carbocycles. The molecular weight excluding hydrogens is 222 g/mol. The molecule has 1 aromatic rings. The first-order chi connectivity index (χ1) is 7.99. The Hall–Kier alpha value is -2.04. The van der Waals surface area contributed by atoms with E-state index in [4.69, 9.17) is 9.84 Å². The van der Waals surface area contributed by atoms with Gasteiger partial charge in [0.1, 0.15) is 5.75 Å². The van der Waals surface area contributed by atoms with Crippen molar-refractivity contribution in [1.29, 1.82) is 0 Å². The normalized spacial score (nSPS) is 9.76. The van der Waals surface area contributed by atoms with Gasteiger partial charge < -0.3 is 15.2 Å². The van der Waals surface area contributed by atoms with Crippen molar-refractivity contribution in [3.63, 3.8) is 0 Å². The molecule has 0 bridgehead atoms. The van der Waals surface area contributed by atoms with E-state index < -0.39 is 12.1 Å². The fourth-order valence-electron chi connectivity index (χ4n) is 1.32. The molecular formula is C12H15NO4. The Bertz CT molecular complexity index is 429. The Labute approximate surface area is 99.4 Å². The molecule has 1 amide bonds. The zero-order valence-corrected chi connectivity index (χ0v) is 9.82. The maximum Gasteiger partial charge on any atom is 0.412 e. The SMILES string of the molecule is Cc1ccc(OC(=O)NCCC(=O)O)c(C)c1. The quantitative estimate of drug-likeness (QED) is 0.838. The predicted octanol–water partition coefficient (Wildman–Crippen LogP) is 1.87. The van der Waals surface area contributed by atoms with Crippen LogP contribution in [-0.4, -0.2) is 23.7 Å². The van der Waals surface area contributed by atoms with Crippen LogP contribution < -0.4 is 10.1 Å². The standard InChI is InChI=1S/C12H15NO4/c1-8-3-4-10(9(2)7-8)17-12(16)13-6-5-11(14)15/h3-4,7H,5-6H2,1-2H3,(H,13,16)(H,14,15). The average molecular weight is 237 g/mol. The molecule has 17 heavy (non-hydrogen) atoms. The fourth-order valence-corrected chi connectivity index (χ4v) is 1.32. The Kier molecular flexibility index (Phi) is 4.51. The van der Waals surface area contributed by atoms with Gasteiger partial charge in [-0.25, -0.2) is 4.79 Å². The maximum absolute atomic E-state index is 11.3. The number of nitrogens with one attached hydrogen (secondary N) is 1. The summed E-state index contributed by atoms with van der Waals surface area (Å²) in [6.45, 7) is 3.84.